The molecule has 1 heterocycles. The van der Waals surface area contributed by atoms with E-state index in [2.05, 4.69) is 133 Å². The molecule has 4 rings (SSSR count). The van der Waals surface area contributed by atoms with Crippen molar-refractivity contribution < 1.29 is 14.2 Å². The largest absolute Gasteiger partial charge is 0.424 e. The molecular weight excluding hydrogens is 631 g/mol. The van der Waals surface area contributed by atoms with E-state index in [1.165, 1.54) is 16.7 Å². The van der Waals surface area contributed by atoms with E-state index in [4.69, 9.17) is 14.2 Å². The Morgan fingerprint density at radius 2 is 0.686 bits per heavy atom. The second-order valence-electron chi connectivity index (χ2n) is 17.1. The molecule has 6 nitrogen and oxygen atoms in total. The summed E-state index contributed by atoms with van der Waals surface area (Å²) in [6.45, 7) is 38.3. The van der Waals surface area contributed by atoms with Crippen molar-refractivity contribution in [1.82, 2.24) is 15.0 Å². The number of aromatic nitrogens is 3. The third-order valence-electron chi connectivity index (χ3n) is 8.43. The van der Waals surface area contributed by atoms with Crippen molar-refractivity contribution in [2.24, 2.45) is 0 Å². The number of benzene rings is 3. The Morgan fingerprint density at radius 1 is 0.451 bits per heavy atom. The summed E-state index contributed by atoms with van der Waals surface area (Å²) in [6, 6.07) is 18.8. The maximum absolute atomic E-state index is 6.46. The highest BCUT2D eigenvalue weighted by molar-refractivity contribution is 5.46. The zero-order valence-electron chi connectivity index (χ0n) is 33.0. The van der Waals surface area contributed by atoms with Crippen LogP contribution in [0.15, 0.2) is 91.1 Å². The normalized spacial score (nSPS) is 12.0. The smallest absolute Gasteiger partial charge is 0.331 e. The summed E-state index contributed by atoms with van der Waals surface area (Å²) in [5.74, 6) is 1.89. The van der Waals surface area contributed by atoms with Gasteiger partial charge in [0, 0.05) is 0 Å². The van der Waals surface area contributed by atoms with Crippen LogP contribution < -0.4 is 14.2 Å². The molecule has 0 bridgehead atoms. The fourth-order valence-corrected chi connectivity index (χ4v) is 5.58. The van der Waals surface area contributed by atoms with Crippen molar-refractivity contribution >= 4 is 0 Å². The molecule has 0 aliphatic carbocycles. The van der Waals surface area contributed by atoms with Gasteiger partial charge in [-0.3, -0.25) is 0 Å². The van der Waals surface area contributed by atoms with E-state index in [0.29, 0.717) is 36.5 Å². The molecule has 0 radical (unpaired) electrons. The van der Waals surface area contributed by atoms with Gasteiger partial charge in [-0.25, -0.2) is 0 Å². The predicted molar refractivity (Wildman–Crippen MR) is 211 cm³/mol. The third-order valence-corrected chi connectivity index (χ3v) is 8.43. The van der Waals surface area contributed by atoms with Gasteiger partial charge in [-0.2, -0.15) is 0 Å². The molecule has 270 valence electrons. The van der Waals surface area contributed by atoms with Crippen LogP contribution in [0.1, 0.15) is 116 Å². The summed E-state index contributed by atoms with van der Waals surface area (Å²) in [6.07, 6.45) is 1.93. The van der Waals surface area contributed by atoms with Crippen LogP contribution in [0.25, 0.3) is 0 Å². The quantitative estimate of drug-likeness (QED) is 0.138. The summed E-state index contributed by atoms with van der Waals surface area (Å²) >= 11 is 0. The molecule has 0 spiro atoms. The minimum absolute atomic E-state index is 0.0361. The third kappa shape index (κ3) is 10.9. The van der Waals surface area contributed by atoms with Gasteiger partial charge in [-0.1, -0.05) is 135 Å². The molecule has 0 unspecified atom stereocenters. The molecule has 0 aliphatic rings. The van der Waals surface area contributed by atoms with Gasteiger partial charge in [0.2, 0.25) is 0 Å². The van der Waals surface area contributed by atoms with E-state index in [1.807, 2.05) is 39.0 Å². The number of allylic oxidation sites excluding steroid dienone is 3. The molecule has 0 saturated heterocycles. The first kappa shape index (κ1) is 39.1. The fourth-order valence-electron chi connectivity index (χ4n) is 5.58. The van der Waals surface area contributed by atoms with Gasteiger partial charge in [0.1, 0.15) is 17.2 Å². The van der Waals surface area contributed by atoms with Crippen LogP contribution in [0, 0.1) is 0 Å². The molecule has 1 aromatic heterocycles. The number of ether oxygens (including phenoxy) is 3. The molecule has 3 aromatic carbocycles. The van der Waals surface area contributed by atoms with Gasteiger partial charge in [-0.05, 0) is 108 Å². The highest BCUT2D eigenvalue weighted by Crippen LogP contribution is 2.36. The predicted octanol–water partition coefficient (Wildman–Crippen LogP) is 12.5. The maximum Gasteiger partial charge on any atom is 0.331 e. The standard InChI is InChI=1S/C45H57N3O3/c1-28(2)22-31-25-34(43(7,8)9)16-19-37(31)49-40-46-41(50-38-20-17-35(44(10,11)12)26-32(38)23-29(3)4)48-42(47-40)51-39-21-18-36(45(13,14)15)27-33(39)24-30(5)6/h16-21,25-27H,1,3,5,22-24H2,2,4,6-15H3. The van der Waals surface area contributed by atoms with Crippen LogP contribution in [0.4, 0.5) is 0 Å². The van der Waals surface area contributed by atoms with Crippen LogP contribution in [-0.2, 0) is 35.5 Å². The van der Waals surface area contributed by atoms with Gasteiger partial charge in [0.05, 0.1) is 0 Å². The topological polar surface area (TPSA) is 66.4 Å². The molecule has 0 saturated carbocycles. The van der Waals surface area contributed by atoms with Gasteiger partial charge in [0.15, 0.2) is 0 Å². The van der Waals surface area contributed by atoms with Crippen LogP contribution in [0.5, 0.6) is 35.3 Å². The summed E-state index contributed by atoms with van der Waals surface area (Å²) in [5, 5.41) is 0. The monoisotopic (exact) mass is 687 g/mol. The molecule has 0 N–H and O–H groups in total. The van der Waals surface area contributed by atoms with Crippen molar-refractivity contribution in [2.75, 3.05) is 0 Å². The number of hydrogen-bond acceptors (Lipinski definition) is 6. The van der Waals surface area contributed by atoms with Gasteiger partial charge in [-0.15, -0.1) is 15.0 Å². The van der Waals surface area contributed by atoms with Crippen molar-refractivity contribution in [3.05, 3.63) is 124 Å². The minimum Gasteiger partial charge on any atom is -0.424 e. The van der Waals surface area contributed by atoms with E-state index in [-0.39, 0.29) is 34.3 Å². The Morgan fingerprint density at radius 3 is 0.882 bits per heavy atom. The Hall–Kier alpha value is -4.71. The lowest BCUT2D eigenvalue weighted by Gasteiger charge is -2.22. The summed E-state index contributed by atoms with van der Waals surface area (Å²) in [5.41, 5.74) is 9.50. The van der Waals surface area contributed by atoms with Crippen molar-refractivity contribution in [3.8, 4) is 35.3 Å². The van der Waals surface area contributed by atoms with Crippen molar-refractivity contribution in [2.45, 2.75) is 119 Å². The lowest BCUT2D eigenvalue weighted by atomic mass is 9.85. The van der Waals surface area contributed by atoms with E-state index < -0.39 is 0 Å². The SMILES string of the molecule is C=C(C)Cc1cc(C(C)(C)C)ccc1Oc1nc(Oc2ccc(C(C)(C)C)cc2CC(=C)C)nc(Oc2ccc(C(C)(C)C)cc2CC(=C)C)n1. The van der Waals surface area contributed by atoms with Crippen LogP contribution >= 0.6 is 0 Å². The molecular formula is C45H57N3O3. The fraction of sp³-hybridized carbons (Fsp3) is 0.400. The number of hydrogen-bond donors (Lipinski definition) is 0. The second-order valence-corrected chi connectivity index (χ2v) is 17.1. The minimum atomic E-state index is -0.0361. The average molecular weight is 688 g/mol. The Bertz CT molecular complexity index is 1700. The van der Waals surface area contributed by atoms with E-state index in [9.17, 15) is 0 Å². The number of rotatable bonds is 12. The molecule has 0 amide bonds. The molecule has 6 heteroatoms. The van der Waals surface area contributed by atoms with E-state index >= 15 is 0 Å². The highest BCUT2D eigenvalue weighted by Gasteiger charge is 2.22. The first-order valence-corrected chi connectivity index (χ1v) is 17.7. The average Bonchev–Trinajstić information content (AvgIpc) is 2.97. The zero-order valence-corrected chi connectivity index (χ0v) is 33.0. The van der Waals surface area contributed by atoms with Crippen LogP contribution in [0.3, 0.4) is 0 Å². The molecule has 4 aromatic rings. The van der Waals surface area contributed by atoms with Gasteiger partial charge >= 0.3 is 18.0 Å². The highest BCUT2D eigenvalue weighted by atomic mass is 16.5. The van der Waals surface area contributed by atoms with E-state index in [0.717, 1.165) is 33.4 Å². The van der Waals surface area contributed by atoms with Crippen LogP contribution in [-0.4, -0.2) is 15.0 Å². The Labute approximate surface area is 306 Å². The molecule has 0 fully saturated rings. The molecule has 0 atom stereocenters. The van der Waals surface area contributed by atoms with Gasteiger partial charge < -0.3 is 14.2 Å². The first-order valence-electron chi connectivity index (χ1n) is 17.7. The maximum atomic E-state index is 6.46. The first-order chi connectivity index (χ1) is 23.6. The molecule has 51 heavy (non-hydrogen) atoms. The van der Waals surface area contributed by atoms with Gasteiger partial charge in [0.25, 0.3) is 0 Å². The second kappa shape index (κ2) is 15.3. The Balaban J connectivity index is 1.85. The lowest BCUT2D eigenvalue weighted by Crippen LogP contribution is -2.12. The molecule has 0 aliphatic heterocycles. The summed E-state index contributed by atoms with van der Waals surface area (Å²) < 4.78 is 19.4. The summed E-state index contributed by atoms with van der Waals surface area (Å²) in [4.78, 5) is 14.0. The van der Waals surface area contributed by atoms with Crippen molar-refractivity contribution in [3.63, 3.8) is 0 Å². The number of nitrogens with zero attached hydrogens (tertiary/aromatic N) is 3. The zero-order chi connectivity index (χ0) is 37.9. The van der Waals surface area contributed by atoms with Crippen molar-refractivity contribution in [1.29, 1.82) is 0 Å². The Kier molecular flexibility index (Phi) is 11.7. The van der Waals surface area contributed by atoms with E-state index in [1.54, 1.807) is 0 Å². The van der Waals surface area contributed by atoms with Crippen LogP contribution in [0.2, 0.25) is 0 Å². The lowest BCUT2D eigenvalue weighted by molar-refractivity contribution is 0.358. The summed E-state index contributed by atoms with van der Waals surface area (Å²) in [7, 11) is 0.